The molecule has 2 N–H and O–H groups in total. The fourth-order valence-electron chi connectivity index (χ4n) is 5.14. The molecule has 2 heterocycles. The van der Waals surface area contributed by atoms with Gasteiger partial charge in [0.2, 0.25) is 11.2 Å². The molecule has 0 amide bonds. The van der Waals surface area contributed by atoms with Crippen LogP contribution in [0.2, 0.25) is 0 Å². The monoisotopic (exact) mass is 628 g/mol. The van der Waals surface area contributed by atoms with Crippen molar-refractivity contribution in [1.29, 1.82) is 0 Å². The van der Waals surface area contributed by atoms with Gasteiger partial charge in [0.1, 0.15) is 41.4 Å². The zero-order valence-electron chi connectivity index (χ0n) is 25.1. The first-order valence-corrected chi connectivity index (χ1v) is 13.9. The van der Waals surface area contributed by atoms with Crippen molar-refractivity contribution in [2.75, 3.05) is 20.3 Å². The van der Waals surface area contributed by atoms with Crippen LogP contribution >= 0.6 is 0 Å². The quantitative estimate of drug-likeness (QED) is 0.259. The summed E-state index contributed by atoms with van der Waals surface area (Å²) in [6.45, 7) is 4.46. The Morgan fingerprint density at radius 2 is 1.60 bits per heavy atom. The smallest absolute Gasteiger partial charge is 0.375 e. The lowest BCUT2D eigenvalue weighted by molar-refractivity contribution is -0.216. The number of carbonyl (C=O) groups is 4. The van der Waals surface area contributed by atoms with Crippen LogP contribution in [-0.4, -0.2) is 72.7 Å². The number of rotatable bonds is 9. The molecule has 0 saturated carbocycles. The van der Waals surface area contributed by atoms with Gasteiger partial charge in [-0.05, 0) is 24.6 Å². The largest absolute Gasteiger partial charge is 0.507 e. The summed E-state index contributed by atoms with van der Waals surface area (Å²) < 4.78 is 38.4. The van der Waals surface area contributed by atoms with Crippen molar-refractivity contribution >= 4 is 34.8 Å². The van der Waals surface area contributed by atoms with Crippen molar-refractivity contribution in [3.05, 3.63) is 51.9 Å². The Bertz CT molecular complexity index is 1670. The number of esters is 4. The van der Waals surface area contributed by atoms with Crippen molar-refractivity contribution in [2.24, 2.45) is 0 Å². The summed E-state index contributed by atoms with van der Waals surface area (Å²) in [4.78, 5) is 62.8. The minimum absolute atomic E-state index is 0.0635. The standard InChI is InChI=1S/C31H32O14/c1-6-40-31(38)30-24(17-7-9-18(39-5)10-8-17)27(37)26-20(36)11-19(35)25(29(26)45-30)21-12-22(42-15(3)33)28(43-16(4)34)23(44-21)13-41-14(2)32/h7-11,21-23,28,35-36H,6,12-13H2,1-5H3/t21?,22?,23?,28-/m1/s1. The molecule has 0 spiro atoms. The number of fused-ring (bicyclic) bond motifs is 1. The summed E-state index contributed by atoms with van der Waals surface area (Å²) in [6, 6.07) is 7.05. The van der Waals surface area contributed by atoms with E-state index in [1.54, 1.807) is 19.1 Å². The molecule has 1 aliphatic heterocycles. The molecule has 45 heavy (non-hydrogen) atoms. The van der Waals surface area contributed by atoms with Gasteiger partial charge in [0.05, 0.1) is 30.9 Å². The van der Waals surface area contributed by atoms with Gasteiger partial charge in [0.15, 0.2) is 11.7 Å². The van der Waals surface area contributed by atoms with E-state index in [4.69, 9.17) is 32.8 Å². The maximum Gasteiger partial charge on any atom is 0.375 e. The minimum Gasteiger partial charge on any atom is -0.507 e. The number of aromatic hydroxyl groups is 2. The molecule has 3 unspecified atom stereocenters. The molecule has 4 rings (SSSR count). The molecule has 2 aromatic carbocycles. The van der Waals surface area contributed by atoms with Crippen molar-refractivity contribution in [1.82, 2.24) is 0 Å². The van der Waals surface area contributed by atoms with Crippen LogP contribution in [0.4, 0.5) is 0 Å². The number of carbonyl (C=O) groups excluding carboxylic acids is 4. The third-order valence-electron chi connectivity index (χ3n) is 6.91. The van der Waals surface area contributed by atoms with E-state index >= 15 is 0 Å². The van der Waals surface area contributed by atoms with Crippen LogP contribution in [0.5, 0.6) is 17.2 Å². The molecule has 4 atom stereocenters. The summed E-state index contributed by atoms with van der Waals surface area (Å²) in [7, 11) is 1.46. The third-order valence-corrected chi connectivity index (χ3v) is 6.91. The molecule has 0 aliphatic carbocycles. The molecule has 1 fully saturated rings. The van der Waals surface area contributed by atoms with Gasteiger partial charge in [-0.2, -0.15) is 0 Å². The van der Waals surface area contributed by atoms with Crippen LogP contribution in [0.15, 0.2) is 39.5 Å². The summed E-state index contributed by atoms with van der Waals surface area (Å²) in [5.41, 5.74) is -1.41. The normalized spacial score (nSPS) is 19.4. The molecule has 1 aliphatic rings. The van der Waals surface area contributed by atoms with Crippen LogP contribution in [0.1, 0.15) is 56.3 Å². The van der Waals surface area contributed by atoms with E-state index in [9.17, 15) is 34.2 Å². The first-order chi connectivity index (χ1) is 21.4. The highest BCUT2D eigenvalue weighted by atomic mass is 16.6. The second-order valence-electron chi connectivity index (χ2n) is 10.0. The van der Waals surface area contributed by atoms with Crippen LogP contribution in [-0.2, 0) is 38.1 Å². The first-order valence-electron chi connectivity index (χ1n) is 13.9. The van der Waals surface area contributed by atoms with E-state index in [-0.39, 0.29) is 29.7 Å². The van der Waals surface area contributed by atoms with Gasteiger partial charge in [0.25, 0.3) is 0 Å². The summed E-state index contributed by atoms with van der Waals surface area (Å²) >= 11 is 0. The molecule has 3 aromatic rings. The number of hydrogen-bond donors (Lipinski definition) is 2. The lowest BCUT2D eigenvalue weighted by Crippen LogP contribution is -2.51. The Morgan fingerprint density at radius 3 is 2.18 bits per heavy atom. The van der Waals surface area contributed by atoms with E-state index in [1.807, 2.05) is 0 Å². The first kappa shape index (κ1) is 32.8. The molecule has 1 aromatic heterocycles. The van der Waals surface area contributed by atoms with Crippen molar-refractivity contribution in [2.45, 2.75) is 58.5 Å². The average Bonchev–Trinajstić information content (AvgIpc) is 2.96. The Morgan fingerprint density at radius 1 is 0.933 bits per heavy atom. The number of ether oxygens (including phenoxy) is 6. The van der Waals surface area contributed by atoms with Crippen LogP contribution in [0.3, 0.4) is 0 Å². The van der Waals surface area contributed by atoms with E-state index in [0.29, 0.717) is 5.75 Å². The molecule has 14 heteroatoms. The molecule has 0 bridgehead atoms. The summed E-state index contributed by atoms with van der Waals surface area (Å²) in [6.07, 6.45) is -5.14. The Labute approximate surface area is 256 Å². The molecule has 0 radical (unpaired) electrons. The van der Waals surface area contributed by atoms with Crippen molar-refractivity contribution in [3.8, 4) is 28.4 Å². The topological polar surface area (TPSA) is 194 Å². The van der Waals surface area contributed by atoms with E-state index in [0.717, 1.165) is 26.8 Å². The number of phenols is 2. The van der Waals surface area contributed by atoms with Crippen molar-refractivity contribution in [3.63, 3.8) is 0 Å². The predicted octanol–water partition coefficient (Wildman–Crippen LogP) is 3.31. The van der Waals surface area contributed by atoms with Crippen LogP contribution < -0.4 is 10.2 Å². The highest BCUT2D eigenvalue weighted by Gasteiger charge is 2.46. The van der Waals surface area contributed by atoms with Gasteiger partial charge in [-0.15, -0.1) is 0 Å². The zero-order valence-corrected chi connectivity index (χ0v) is 25.1. The number of methoxy groups -OCH3 is 1. The molecular formula is C31H32O14. The van der Waals surface area contributed by atoms with Gasteiger partial charge >= 0.3 is 23.9 Å². The fourth-order valence-corrected chi connectivity index (χ4v) is 5.14. The van der Waals surface area contributed by atoms with E-state index in [1.165, 1.54) is 19.2 Å². The van der Waals surface area contributed by atoms with Crippen LogP contribution in [0, 0.1) is 0 Å². The number of phenolic OH excluding ortho intramolecular Hbond substituents is 2. The highest BCUT2D eigenvalue weighted by molar-refractivity contribution is 6.00. The third kappa shape index (κ3) is 7.01. The fraction of sp³-hybridized carbons (Fsp3) is 0.387. The van der Waals surface area contributed by atoms with Gasteiger partial charge in [0, 0.05) is 33.3 Å². The lowest BCUT2D eigenvalue weighted by Gasteiger charge is -2.40. The Balaban J connectivity index is 1.97. The number of benzene rings is 2. The second-order valence-corrected chi connectivity index (χ2v) is 10.0. The van der Waals surface area contributed by atoms with Gasteiger partial charge in [-0.3, -0.25) is 19.2 Å². The van der Waals surface area contributed by atoms with Crippen LogP contribution in [0.25, 0.3) is 22.1 Å². The highest BCUT2D eigenvalue weighted by Crippen LogP contribution is 2.45. The van der Waals surface area contributed by atoms with Gasteiger partial charge in [-0.25, -0.2) is 4.79 Å². The van der Waals surface area contributed by atoms with Crippen molar-refractivity contribution < 1.29 is 62.2 Å². The molecular weight excluding hydrogens is 596 g/mol. The van der Waals surface area contributed by atoms with E-state index in [2.05, 4.69) is 0 Å². The Hall–Kier alpha value is -5.11. The summed E-state index contributed by atoms with van der Waals surface area (Å²) in [5.74, 6) is -4.45. The average molecular weight is 629 g/mol. The maximum absolute atomic E-state index is 14.0. The number of hydrogen-bond acceptors (Lipinski definition) is 14. The minimum atomic E-state index is -1.27. The summed E-state index contributed by atoms with van der Waals surface area (Å²) in [5, 5.41) is 21.6. The maximum atomic E-state index is 14.0. The van der Waals surface area contributed by atoms with Gasteiger partial charge < -0.3 is 43.1 Å². The zero-order chi connectivity index (χ0) is 33.0. The molecule has 14 nitrogen and oxygen atoms in total. The van der Waals surface area contributed by atoms with E-state index < -0.39 is 88.6 Å². The lowest BCUT2D eigenvalue weighted by atomic mass is 9.91. The van der Waals surface area contributed by atoms with Gasteiger partial charge in [-0.1, -0.05) is 12.1 Å². The SMILES string of the molecule is CCOC(=O)c1oc2c(C3CC(OC(C)=O)[C@@H](OC(C)=O)C(COC(C)=O)O3)c(O)cc(O)c2c(=O)c1-c1ccc(OC)cc1. The molecule has 240 valence electrons. The second kappa shape index (κ2) is 13.7. The predicted molar refractivity (Wildman–Crippen MR) is 154 cm³/mol. The molecule has 1 saturated heterocycles. The Kier molecular flexibility index (Phi) is 9.97.